The van der Waals surface area contributed by atoms with Crippen LogP contribution in [0.3, 0.4) is 0 Å². The average molecular weight is 389 g/mol. The number of nitrogens with one attached hydrogen (secondary N) is 1. The Morgan fingerprint density at radius 3 is 2.50 bits per heavy atom. The molecule has 0 radical (unpaired) electrons. The highest BCUT2D eigenvalue weighted by molar-refractivity contribution is 14.0. The first kappa shape index (κ1) is 18.8. The maximum Gasteiger partial charge on any atom is 0.189 e. The van der Waals surface area contributed by atoms with Gasteiger partial charge in [-0.05, 0) is 31.9 Å². The molecule has 0 aliphatic heterocycles. The van der Waals surface area contributed by atoms with E-state index in [1.54, 1.807) is 0 Å². The minimum atomic E-state index is 0. The van der Waals surface area contributed by atoms with Gasteiger partial charge in [0.1, 0.15) is 12.4 Å². The third-order valence-electron chi connectivity index (χ3n) is 2.58. The van der Waals surface area contributed by atoms with Gasteiger partial charge >= 0.3 is 0 Å². The second-order valence-electron chi connectivity index (χ2n) is 4.65. The minimum absolute atomic E-state index is 0. The second-order valence-corrected chi connectivity index (χ2v) is 4.65. The molecule has 0 spiro atoms. The summed E-state index contributed by atoms with van der Waals surface area (Å²) in [6.45, 7) is 11.5. The van der Waals surface area contributed by atoms with Crippen LogP contribution in [0.2, 0.25) is 0 Å². The van der Waals surface area contributed by atoms with Crippen molar-refractivity contribution in [2.75, 3.05) is 19.7 Å². The molecule has 1 rings (SSSR count). The van der Waals surface area contributed by atoms with Gasteiger partial charge in [-0.1, -0.05) is 30.4 Å². The predicted molar refractivity (Wildman–Crippen MR) is 96.1 cm³/mol. The molecule has 1 aromatic rings. The molecule has 20 heavy (non-hydrogen) atoms. The number of aliphatic imine (C=N–C) groups is 1. The summed E-state index contributed by atoms with van der Waals surface area (Å²) in [6.07, 6.45) is 0. The smallest absolute Gasteiger partial charge is 0.189 e. The normalized spacial score (nSPS) is 10.7. The molecule has 0 aliphatic rings. The fraction of sp³-hybridized carbons (Fsp3) is 0.400. The highest BCUT2D eigenvalue weighted by Crippen LogP contribution is 2.21. The molecule has 5 heteroatoms. The van der Waals surface area contributed by atoms with E-state index in [2.05, 4.69) is 16.9 Å². The molecule has 4 nitrogen and oxygen atoms in total. The number of nitrogens with zero attached hydrogens (tertiary/aromatic N) is 1. The van der Waals surface area contributed by atoms with Crippen LogP contribution in [0, 0.1) is 13.8 Å². The molecule has 0 unspecified atom stereocenters. The van der Waals surface area contributed by atoms with E-state index in [1.807, 2.05) is 39.0 Å². The molecular formula is C15H24IN3O. The van der Waals surface area contributed by atoms with Crippen molar-refractivity contribution >= 4 is 29.9 Å². The predicted octanol–water partition coefficient (Wildman–Crippen LogP) is 2.78. The van der Waals surface area contributed by atoms with E-state index in [9.17, 15) is 0 Å². The molecule has 0 atom stereocenters. The van der Waals surface area contributed by atoms with Gasteiger partial charge in [0.05, 0.1) is 13.1 Å². The van der Waals surface area contributed by atoms with Crippen LogP contribution >= 0.6 is 24.0 Å². The fourth-order valence-electron chi connectivity index (χ4n) is 1.64. The molecule has 0 saturated heterocycles. The molecule has 0 aromatic heterocycles. The van der Waals surface area contributed by atoms with Crippen molar-refractivity contribution in [2.24, 2.45) is 10.7 Å². The Bertz CT molecular complexity index is 452. The topological polar surface area (TPSA) is 59.6 Å². The van der Waals surface area contributed by atoms with E-state index < -0.39 is 0 Å². The van der Waals surface area contributed by atoms with Gasteiger partial charge < -0.3 is 15.8 Å². The maximum atomic E-state index is 5.75. The lowest BCUT2D eigenvalue weighted by Crippen LogP contribution is -2.35. The quantitative estimate of drug-likeness (QED) is 0.259. The van der Waals surface area contributed by atoms with Gasteiger partial charge in [0.2, 0.25) is 0 Å². The van der Waals surface area contributed by atoms with Crippen LogP contribution in [-0.4, -0.2) is 25.7 Å². The molecule has 0 amide bonds. The third-order valence-corrected chi connectivity index (χ3v) is 2.58. The third kappa shape index (κ3) is 6.79. The lowest BCUT2D eigenvalue weighted by atomic mass is 10.1. The van der Waals surface area contributed by atoms with Crippen molar-refractivity contribution in [1.29, 1.82) is 0 Å². The summed E-state index contributed by atoms with van der Waals surface area (Å²) in [5.74, 6) is 1.37. The number of nitrogens with two attached hydrogens (primary N) is 1. The molecule has 1 aromatic carbocycles. The van der Waals surface area contributed by atoms with Crippen molar-refractivity contribution in [3.05, 3.63) is 41.5 Å². The summed E-state index contributed by atoms with van der Waals surface area (Å²) in [6, 6.07) is 6.11. The molecule has 3 N–H and O–H groups in total. The summed E-state index contributed by atoms with van der Waals surface area (Å²) in [5, 5.41) is 3.01. The lowest BCUT2D eigenvalue weighted by Gasteiger charge is -2.12. The van der Waals surface area contributed by atoms with Crippen molar-refractivity contribution in [3.8, 4) is 5.75 Å². The van der Waals surface area contributed by atoms with Crippen LogP contribution in [0.15, 0.2) is 35.3 Å². The van der Waals surface area contributed by atoms with Gasteiger partial charge in [-0.15, -0.1) is 24.0 Å². The van der Waals surface area contributed by atoms with Crippen molar-refractivity contribution < 1.29 is 4.74 Å². The average Bonchev–Trinajstić information content (AvgIpc) is 2.35. The standard InChI is InChI=1S/C15H23N3O.HI/c1-11(2)10-18-15(16)17-8-9-19-14-12(3)6-5-7-13(14)4;/h5-7H,1,8-10H2,2-4H3,(H3,16,17,18);1H. The Kier molecular flexibility index (Phi) is 9.03. The summed E-state index contributed by atoms with van der Waals surface area (Å²) < 4.78 is 5.75. The first-order chi connectivity index (χ1) is 9.00. The zero-order valence-electron chi connectivity index (χ0n) is 12.4. The summed E-state index contributed by atoms with van der Waals surface area (Å²) in [5.41, 5.74) is 8.97. The molecule has 0 fully saturated rings. The first-order valence-electron chi connectivity index (χ1n) is 6.38. The molecule has 0 bridgehead atoms. The lowest BCUT2D eigenvalue weighted by molar-refractivity contribution is 0.318. The van der Waals surface area contributed by atoms with Gasteiger partial charge in [0.15, 0.2) is 5.96 Å². The van der Waals surface area contributed by atoms with Crippen molar-refractivity contribution in [2.45, 2.75) is 20.8 Å². The number of para-hydroxylation sites is 1. The minimum Gasteiger partial charge on any atom is -0.491 e. The van der Waals surface area contributed by atoms with E-state index in [-0.39, 0.29) is 24.0 Å². The Morgan fingerprint density at radius 1 is 1.35 bits per heavy atom. The summed E-state index contributed by atoms with van der Waals surface area (Å²) in [7, 11) is 0. The van der Waals surface area contributed by atoms with Crippen LogP contribution in [0.1, 0.15) is 18.1 Å². The first-order valence-corrected chi connectivity index (χ1v) is 6.38. The van der Waals surface area contributed by atoms with E-state index in [4.69, 9.17) is 10.5 Å². The van der Waals surface area contributed by atoms with Crippen molar-refractivity contribution in [3.63, 3.8) is 0 Å². The molecular weight excluding hydrogens is 365 g/mol. The Labute approximate surface area is 138 Å². The number of halogens is 1. The summed E-state index contributed by atoms with van der Waals surface area (Å²) in [4.78, 5) is 4.13. The van der Waals surface area contributed by atoms with Crippen LogP contribution in [0.4, 0.5) is 0 Å². The van der Waals surface area contributed by atoms with Crippen molar-refractivity contribution in [1.82, 2.24) is 5.32 Å². The number of hydrogen-bond donors (Lipinski definition) is 2. The number of rotatable bonds is 6. The van der Waals surface area contributed by atoms with Crippen LogP contribution in [0.25, 0.3) is 0 Å². The van der Waals surface area contributed by atoms with Crippen LogP contribution in [-0.2, 0) is 0 Å². The van der Waals surface area contributed by atoms with E-state index in [0.717, 1.165) is 22.4 Å². The molecule has 0 aliphatic carbocycles. The number of hydrogen-bond acceptors (Lipinski definition) is 2. The molecule has 0 saturated carbocycles. The number of aryl methyl sites for hydroxylation is 2. The highest BCUT2D eigenvalue weighted by Gasteiger charge is 2.02. The molecule has 0 heterocycles. The SMILES string of the molecule is C=C(C)CN=C(N)NCCOc1c(C)cccc1C.I. The number of guanidine groups is 1. The highest BCUT2D eigenvalue weighted by atomic mass is 127. The van der Waals surface area contributed by atoms with Gasteiger partial charge in [0.25, 0.3) is 0 Å². The Hall–Kier alpha value is -1.24. The van der Waals surface area contributed by atoms with Crippen LogP contribution < -0.4 is 15.8 Å². The number of benzene rings is 1. The molecule has 112 valence electrons. The van der Waals surface area contributed by atoms with E-state index >= 15 is 0 Å². The van der Waals surface area contributed by atoms with Gasteiger partial charge in [0, 0.05) is 0 Å². The Balaban J connectivity index is 0.00000361. The zero-order valence-corrected chi connectivity index (χ0v) is 14.7. The van der Waals surface area contributed by atoms with E-state index in [0.29, 0.717) is 25.7 Å². The monoisotopic (exact) mass is 389 g/mol. The van der Waals surface area contributed by atoms with Gasteiger partial charge in [-0.25, -0.2) is 4.99 Å². The summed E-state index contributed by atoms with van der Waals surface area (Å²) >= 11 is 0. The van der Waals surface area contributed by atoms with Gasteiger partial charge in [-0.3, -0.25) is 0 Å². The fourth-order valence-corrected chi connectivity index (χ4v) is 1.64. The second kappa shape index (κ2) is 9.63. The Morgan fingerprint density at radius 2 is 1.95 bits per heavy atom. The maximum absolute atomic E-state index is 5.75. The van der Waals surface area contributed by atoms with E-state index in [1.165, 1.54) is 0 Å². The largest absolute Gasteiger partial charge is 0.491 e. The van der Waals surface area contributed by atoms with Crippen LogP contribution in [0.5, 0.6) is 5.75 Å². The number of ether oxygens (including phenoxy) is 1. The zero-order chi connectivity index (χ0) is 14.3. The van der Waals surface area contributed by atoms with Gasteiger partial charge in [-0.2, -0.15) is 0 Å².